The highest BCUT2D eigenvalue weighted by Crippen LogP contribution is 2.25. The molecule has 1 nitrogen and oxygen atoms in total. The molecular weight excluding hydrogens is 275 g/mol. The van der Waals surface area contributed by atoms with E-state index in [9.17, 15) is 0 Å². The minimum Gasteiger partial charge on any atom is -0.392 e. The van der Waals surface area contributed by atoms with E-state index in [0.29, 0.717) is 0 Å². The van der Waals surface area contributed by atoms with Crippen molar-refractivity contribution in [2.45, 2.75) is 32.8 Å². The zero-order chi connectivity index (χ0) is 10.1. The standard InChI is InChI=1S/C11H15IO/c1-11(2,3)9-4-5-10(12)8(6-9)7-13/h4-6,13H,7H2,1-3H3. The second-order valence-electron chi connectivity index (χ2n) is 4.21. The molecule has 0 heterocycles. The fourth-order valence-electron chi connectivity index (χ4n) is 1.16. The first-order valence-corrected chi connectivity index (χ1v) is 5.43. The van der Waals surface area contributed by atoms with Gasteiger partial charge in [-0.3, -0.25) is 0 Å². The van der Waals surface area contributed by atoms with E-state index < -0.39 is 0 Å². The molecule has 1 aromatic rings. The molecule has 0 bridgehead atoms. The minimum absolute atomic E-state index is 0.127. The van der Waals surface area contributed by atoms with Gasteiger partial charge in [-0.2, -0.15) is 0 Å². The van der Waals surface area contributed by atoms with E-state index in [2.05, 4.69) is 61.6 Å². The van der Waals surface area contributed by atoms with Crippen LogP contribution in [0.4, 0.5) is 0 Å². The smallest absolute Gasteiger partial charge is 0.0692 e. The Morgan fingerprint density at radius 3 is 2.38 bits per heavy atom. The zero-order valence-corrected chi connectivity index (χ0v) is 10.4. The number of aliphatic hydroxyl groups is 1. The lowest BCUT2D eigenvalue weighted by Crippen LogP contribution is -2.11. The molecule has 13 heavy (non-hydrogen) atoms. The van der Waals surface area contributed by atoms with Gasteiger partial charge in [-0.15, -0.1) is 0 Å². The summed E-state index contributed by atoms with van der Waals surface area (Å²) in [5, 5.41) is 9.10. The molecule has 2 heteroatoms. The summed E-state index contributed by atoms with van der Waals surface area (Å²) < 4.78 is 1.13. The molecule has 0 aromatic heterocycles. The fraction of sp³-hybridized carbons (Fsp3) is 0.455. The van der Waals surface area contributed by atoms with Gasteiger partial charge in [0.1, 0.15) is 0 Å². The van der Waals surface area contributed by atoms with Crippen LogP contribution in [0.15, 0.2) is 18.2 Å². The minimum atomic E-state index is 0.127. The fourth-order valence-corrected chi connectivity index (χ4v) is 1.67. The molecule has 0 atom stereocenters. The molecule has 0 fully saturated rings. The Hall–Kier alpha value is -0.0900. The molecule has 0 spiro atoms. The Morgan fingerprint density at radius 1 is 1.31 bits per heavy atom. The Bertz CT molecular complexity index is 299. The number of benzene rings is 1. The van der Waals surface area contributed by atoms with Crippen LogP contribution in [0.2, 0.25) is 0 Å². The number of aliphatic hydroxyl groups excluding tert-OH is 1. The average molecular weight is 290 g/mol. The van der Waals surface area contributed by atoms with E-state index in [4.69, 9.17) is 5.11 Å². The van der Waals surface area contributed by atoms with Crippen LogP contribution >= 0.6 is 22.6 Å². The lowest BCUT2D eigenvalue weighted by Gasteiger charge is -2.20. The molecule has 1 rings (SSSR count). The normalized spacial score (nSPS) is 11.8. The van der Waals surface area contributed by atoms with Crippen LogP contribution < -0.4 is 0 Å². The van der Waals surface area contributed by atoms with Gasteiger partial charge in [0.25, 0.3) is 0 Å². The van der Waals surface area contributed by atoms with E-state index in [1.165, 1.54) is 5.56 Å². The van der Waals surface area contributed by atoms with Gasteiger partial charge in [-0.05, 0) is 45.2 Å². The Morgan fingerprint density at radius 2 is 1.92 bits per heavy atom. The van der Waals surface area contributed by atoms with Crippen LogP contribution in [0.1, 0.15) is 31.9 Å². The van der Waals surface area contributed by atoms with Crippen LogP contribution in [-0.4, -0.2) is 5.11 Å². The molecule has 0 aliphatic rings. The van der Waals surface area contributed by atoms with Gasteiger partial charge >= 0.3 is 0 Å². The third-order valence-electron chi connectivity index (χ3n) is 2.08. The molecular formula is C11H15IO. The average Bonchev–Trinajstić information content (AvgIpc) is 2.03. The van der Waals surface area contributed by atoms with Gasteiger partial charge in [-0.1, -0.05) is 32.9 Å². The molecule has 0 unspecified atom stereocenters. The molecule has 0 saturated carbocycles. The third kappa shape index (κ3) is 2.68. The van der Waals surface area contributed by atoms with Crippen LogP contribution in [0.25, 0.3) is 0 Å². The summed E-state index contributed by atoms with van der Waals surface area (Å²) in [6.07, 6.45) is 0. The Labute approximate surface area is 93.3 Å². The second-order valence-corrected chi connectivity index (χ2v) is 5.38. The van der Waals surface area contributed by atoms with Crippen LogP contribution in [0.5, 0.6) is 0 Å². The summed E-state index contributed by atoms with van der Waals surface area (Å²) in [6, 6.07) is 6.27. The first kappa shape index (κ1) is 11.0. The molecule has 0 aliphatic carbocycles. The van der Waals surface area contributed by atoms with E-state index in [0.717, 1.165) is 9.13 Å². The van der Waals surface area contributed by atoms with Gasteiger partial charge in [-0.25, -0.2) is 0 Å². The predicted octanol–water partition coefficient (Wildman–Crippen LogP) is 3.08. The largest absolute Gasteiger partial charge is 0.392 e. The van der Waals surface area contributed by atoms with Gasteiger partial charge in [0, 0.05) is 3.57 Å². The number of halogens is 1. The van der Waals surface area contributed by atoms with E-state index in [1.807, 2.05) is 0 Å². The van der Waals surface area contributed by atoms with E-state index in [1.54, 1.807) is 0 Å². The predicted molar refractivity (Wildman–Crippen MR) is 63.8 cm³/mol. The molecule has 0 amide bonds. The highest BCUT2D eigenvalue weighted by atomic mass is 127. The maximum Gasteiger partial charge on any atom is 0.0692 e. The molecule has 72 valence electrons. The zero-order valence-electron chi connectivity index (χ0n) is 8.26. The third-order valence-corrected chi connectivity index (χ3v) is 3.13. The number of hydrogen-bond acceptors (Lipinski definition) is 1. The van der Waals surface area contributed by atoms with Crippen molar-refractivity contribution in [1.82, 2.24) is 0 Å². The lowest BCUT2D eigenvalue weighted by molar-refractivity contribution is 0.280. The molecule has 1 aromatic carbocycles. The maximum atomic E-state index is 9.10. The Balaban J connectivity index is 3.14. The van der Waals surface area contributed by atoms with Gasteiger partial charge < -0.3 is 5.11 Å². The molecule has 0 radical (unpaired) electrons. The summed E-state index contributed by atoms with van der Waals surface area (Å²) in [4.78, 5) is 0. The maximum absolute atomic E-state index is 9.10. The van der Waals surface area contributed by atoms with Crippen molar-refractivity contribution < 1.29 is 5.11 Å². The quantitative estimate of drug-likeness (QED) is 0.788. The highest BCUT2D eigenvalue weighted by molar-refractivity contribution is 14.1. The van der Waals surface area contributed by atoms with Crippen molar-refractivity contribution in [2.24, 2.45) is 0 Å². The van der Waals surface area contributed by atoms with Crippen molar-refractivity contribution in [3.8, 4) is 0 Å². The topological polar surface area (TPSA) is 20.2 Å². The van der Waals surface area contributed by atoms with Crippen molar-refractivity contribution in [2.75, 3.05) is 0 Å². The van der Waals surface area contributed by atoms with Crippen LogP contribution in [0, 0.1) is 3.57 Å². The highest BCUT2D eigenvalue weighted by Gasteiger charge is 2.14. The SMILES string of the molecule is CC(C)(C)c1ccc(I)c(CO)c1. The van der Waals surface area contributed by atoms with Crippen molar-refractivity contribution in [1.29, 1.82) is 0 Å². The molecule has 1 N–H and O–H groups in total. The second kappa shape index (κ2) is 3.96. The summed E-state index contributed by atoms with van der Waals surface area (Å²) in [6.45, 7) is 6.66. The summed E-state index contributed by atoms with van der Waals surface area (Å²) in [5.41, 5.74) is 2.46. The van der Waals surface area contributed by atoms with Crippen molar-refractivity contribution in [3.05, 3.63) is 32.9 Å². The number of hydrogen-bond donors (Lipinski definition) is 1. The molecule has 0 aliphatic heterocycles. The summed E-state index contributed by atoms with van der Waals surface area (Å²) in [7, 11) is 0. The van der Waals surface area contributed by atoms with E-state index >= 15 is 0 Å². The first-order valence-electron chi connectivity index (χ1n) is 4.35. The van der Waals surface area contributed by atoms with Crippen LogP contribution in [0.3, 0.4) is 0 Å². The monoisotopic (exact) mass is 290 g/mol. The van der Waals surface area contributed by atoms with Crippen LogP contribution in [-0.2, 0) is 12.0 Å². The Kier molecular flexibility index (Phi) is 3.35. The summed E-state index contributed by atoms with van der Waals surface area (Å²) in [5.74, 6) is 0. The first-order chi connectivity index (χ1) is 5.95. The number of rotatable bonds is 1. The van der Waals surface area contributed by atoms with Gasteiger partial charge in [0.05, 0.1) is 6.61 Å². The molecule has 0 saturated heterocycles. The van der Waals surface area contributed by atoms with Crippen molar-refractivity contribution >= 4 is 22.6 Å². The van der Waals surface area contributed by atoms with E-state index in [-0.39, 0.29) is 12.0 Å². The lowest BCUT2D eigenvalue weighted by atomic mass is 9.86. The van der Waals surface area contributed by atoms with Gasteiger partial charge in [0.15, 0.2) is 0 Å². The van der Waals surface area contributed by atoms with Crippen molar-refractivity contribution in [3.63, 3.8) is 0 Å². The summed E-state index contributed by atoms with van der Waals surface area (Å²) >= 11 is 2.25. The van der Waals surface area contributed by atoms with Gasteiger partial charge in [0.2, 0.25) is 0 Å².